The van der Waals surface area contributed by atoms with E-state index in [0.717, 1.165) is 5.56 Å². The van der Waals surface area contributed by atoms with Crippen LogP contribution >= 0.6 is 0 Å². The summed E-state index contributed by atoms with van der Waals surface area (Å²) in [5, 5.41) is 15.2. The van der Waals surface area contributed by atoms with Crippen molar-refractivity contribution in [1.82, 2.24) is 10.6 Å². The number of aliphatic hydroxyl groups is 1. The van der Waals surface area contributed by atoms with Crippen LogP contribution in [0.3, 0.4) is 0 Å². The number of aliphatic hydroxyl groups excluding tert-OH is 1. The molecule has 0 bridgehead atoms. The third kappa shape index (κ3) is 11.0. The molecule has 3 atom stereocenters. The SMILES string of the molecule is CC(C)(C)OC(=O)C[C@H]1C/C=C\C[C@@H](CC(=O)N[C@H](CO)Cc2ccccc2)C(=O)NCCOC1=O. The fourth-order valence-electron chi connectivity index (χ4n) is 3.81. The lowest BCUT2D eigenvalue weighted by molar-refractivity contribution is -0.161. The Hall–Kier alpha value is -3.20. The van der Waals surface area contributed by atoms with Crippen molar-refractivity contribution in [2.45, 2.75) is 64.5 Å². The predicted octanol–water partition coefficient (Wildman–Crippen LogP) is 2.07. The molecule has 36 heavy (non-hydrogen) atoms. The number of benzene rings is 1. The van der Waals surface area contributed by atoms with Crippen molar-refractivity contribution in [2.24, 2.45) is 11.8 Å². The van der Waals surface area contributed by atoms with Crippen LogP contribution < -0.4 is 10.6 Å². The maximum Gasteiger partial charge on any atom is 0.309 e. The van der Waals surface area contributed by atoms with Gasteiger partial charge in [-0.2, -0.15) is 0 Å². The number of hydrogen-bond donors (Lipinski definition) is 3. The van der Waals surface area contributed by atoms with E-state index in [-0.39, 0.29) is 57.3 Å². The summed E-state index contributed by atoms with van der Waals surface area (Å²) in [5.74, 6) is -2.99. The first-order valence-electron chi connectivity index (χ1n) is 12.3. The molecule has 9 nitrogen and oxygen atoms in total. The lowest BCUT2D eigenvalue weighted by Crippen LogP contribution is -2.42. The average Bonchev–Trinajstić information content (AvgIpc) is 2.81. The van der Waals surface area contributed by atoms with Crippen LogP contribution in [-0.2, 0) is 35.1 Å². The molecule has 0 radical (unpaired) electrons. The minimum Gasteiger partial charge on any atom is -0.464 e. The number of ether oxygens (including phenoxy) is 2. The maximum absolute atomic E-state index is 12.7. The molecule has 3 N–H and O–H groups in total. The van der Waals surface area contributed by atoms with Gasteiger partial charge in [0.05, 0.1) is 37.5 Å². The summed E-state index contributed by atoms with van der Waals surface area (Å²) in [6.45, 7) is 5.11. The zero-order valence-electron chi connectivity index (χ0n) is 21.3. The van der Waals surface area contributed by atoms with Gasteiger partial charge in [-0.15, -0.1) is 0 Å². The second kappa shape index (κ2) is 14.4. The highest BCUT2D eigenvalue weighted by atomic mass is 16.6. The molecule has 1 heterocycles. The average molecular weight is 503 g/mol. The number of nitrogens with one attached hydrogen (secondary N) is 2. The molecule has 198 valence electrons. The number of allylic oxidation sites excluding steroid dienone is 2. The first kappa shape index (κ1) is 29.0. The van der Waals surface area contributed by atoms with Crippen LogP contribution in [-0.4, -0.2) is 60.3 Å². The molecule has 2 rings (SSSR count). The highest BCUT2D eigenvalue weighted by molar-refractivity contribution is 5.86. The minimum absolute atomic E-state index is 0.0400. The number of cyclic esters (lactones) is 1. The van der Waals surface area contributed by atoms with Crippen LogP contribution in [0.15, 0.2) is 42.5 Å². The molecule has 0 spiro atoms. The van der Waals surface area contributed by atoms with Gasteiger partial charge in [0.1, 0.15) is 12.2 Å². The standard InChI is InChI=1S/C27H38N2O7/c1-27(2,3)36-24(32)17-21-12-8-7-11-20(25(33)28-13-14-35-26(21)34)16-23(31)29-22(18-30)15-19-9-5-4-6-10-19/h4-10,20-22,30H,11-18H2,1-3H3,(H,28,33)(H,29,31)/b8-7-/t20-,21+,22-/m0/s1. The van der Waals surface area contributed by atoms with E-state index in [1.54, 1.807) is 32.9 Å². The molecule has 1 aliphatic heterocycles. The molecule has 0 aliphatic carbocycles. The molecule has 0 fully saturated rings. The van der Waals surface area contributed by atoms with Crippen LogP contribution in [0.5, 0.6) is 0 Å². The van der Waals surface area contributed by atoms with Gasteiger partial charge in [-0.05, 0) is 45.6 Å². The smallest absolute Gasteiger partial charge is 0.309 e. The van der Waals surface area contributed by atoms with E-state index in [2.05, 4.69) is 10.6 Å². The third-order valence-corrected chi connectivity index (χ3v) is 5.53. The lowest BCUT2D eigenvalue weighted by atomic mass is 9.96. The van der Waals surface area contributed by atoms with Crippen molar-refractivity contribution < 1.29 is 33.8 Å². The second-order valence-corrected chi connectivity index (χ2v) is 9.93. The van der Waals surface area contributed by atoms with Gasteiger partial charge in [0.25, 0.3) is 0 Å². The topological polar surface area (TPSA) is 131 Å². The Kier molecular flexibility index (Phi) is 11.6. The van der Waals surface area contributed by atoms with Gasteiger partial charge in [-0.3, -0.25) is 19.2 Å². The van der Waals surface area contributed by atoms with Crippen molar-refractivity contribution >= 4 is 23.8 Å². The van der Waals surface area contributed by atoms with Gasteiger partial charge in [-0.25, -0.2) is 0 Å². The molecule has 0 aromatic heterocycles. The van der Waals surface area contributed by atoms with E-state index < -0.39 is 35.4 Å². The second-order valence-electron chi connectivity index (χ2n) is 9.93. The normalized spacial score (nSPS) is 21.1. The van der Waals surface area contributed by atoms with Gasteiger partial charge in [-0.1, -0.05) is 42.5 Å². The number of esters is 2. The Morgan fingerprint density at radius 2 is 1.78 bits per heavy atom. The van der Waals surface area contributed by atoms with E-state index in [0.29, 0.717) is 6.42 Å². The first-order valence-corrected chi connectivity index (χ1v) is 12.3. The van der Waals surface area contributed by atoms with Crippen LogP contribution in [0.4, 0.5) is 0 Å². The molecule has 1 aromatic rings. The van der Waals surface area contributed by atoms with Gasteiger partial charge in [0, 0.05) is 6.42 Å². The Bertz CT molecular complexity index is 908. The molecule has 0 unspecified atom stereocenters. The number of hydrogen-bond acceptors (Lipinski definition) is 7. The Labute approximate surface area is 212 Å². The molecular formula is C27H38N2O7. The summed E-state index contributed by atoms with van der Waals surface area (Å²) in [4.78, 5) is 50.0. The number of amides is 2. The quantitative estimate of drug-likeness (QED) is 0.366. The largest absolute Gasteiger partial charge is 0.464 e. The van der Waals surface area contributed by atoms with Gasteiger partial charge >= 0.3 is 11.9 Å². The summed E-state index contributed by atoms with van der Waals surface area (Å²) < 4.78 is 10.6. The van der Waals surface area contributed by atoms with Gasteiger partial charge in [0.15, 0.2) is 0 Å². The van der Waals surface area contributed by atoms with E-state index in [9.17, 15) is 24.3 Å². The van der Waals surface area contributed by atoms with Crippen LogP contribution in [0.1, 0.15) is 52.0 Å². The predicted molar refractivity (Wildman–Crippen MR) is 134 cm³/mol. The summed E-state index contributed by atoms with van der Waals surface area (Å²) >= 11 is 0. The molecule has 1 aromatic carbocycles. The monoisotopic (exact) mass is 502 g/mol. The maximum atomic E-state index is 12.7. The van der Waals surface area contributed by atoms with E-state index in [1.807, 2.05) is 30.3 Å². The summed E-state index contributed by atoms with van der Waals surface area (Å²) in [6, 6.07) is 9.06. The van der Waals surface area contributed by atoms with E-state index in [1.165, 1.54) is 0 Å². The number of carbonyl (C=O) groups is 4. The summed E-state index contributed by atoms with van der Waals surface area (Å²) in [7, 11) is 0. The van der Waals surface area contributed by atoms with Gasteiger partial charge < -0.3 is 25.2 Å². The van der Waals surface area contributed by atoms with Gasteiger partial charge in [0.2, 0.25) is 11.8 Å². The molecule has 0 saturated heterocycles. The fourth-order valence-corrected chi connectivity index (χ4v) is 3.81. The van der Waals surface area contributed by atoms with Crippen molar-refractivity contribution in [3.63, 3.8) is 0 Å². The Balaban J connectivity index is 1.98. The highest BCUT2D eigenvalue weighted by Crippen LogP contribution is 2.18. The summed E-state index contributed by atoms with van der Waals surface area (Å²) in [6.07, 6.45) is 4.32. The van der Waals surface area contributed by atoms with Crippen molar-refractivity contribution in [1.29, 1.82) is 0 Å². The third-order valence-electron chi connectivity index (χ3n) is 5.53. The van der Waals surface area contributed by atoms with Crippen molar-refractivity contribution in [3.8, 4) is 0 Å². The molecule has 0 saturated carbocycles. The molecular weight excluding hydrogens is 464 g/mol. The zero-order chi connectivity index (χ0) is 26.6. The first-order chi connectivity index (χ1) is 17.1. The van der Waals surface area contributed by atoms with Crippen LogP contribution in [0.25, 0.3) is 0 Å². The lowest BCUT2D eigenvalue weighted by Gasteiger charge is -2.22. The molecule has 9 heteroatoms. The van der Waals surface area contributed by atoms with E-state index in [4.69, 9.17) is 9.47 Å². The molecule has 1 aliphatic rings. The van der Waals surface area contributed by atoms with E-state index >= 15 is 0 Å². The van der Waals surface area contributed by atoms with Crippen LogP contribution in [0.2, 0.25) is 0 Å². The van der Waals surface area contributed by atoms with Crippen molar-refractivity contribution in [3.05, 3.63) is 48.0 Å². The number of rotatable bonds is 8. The fraction of sp³-hybridized carbons (Fsp3) is 0.556. The summed E-state index contributed by atoms with van der Waals surface area (Å²) in [5.41, 5.74) is 0.329. The Morgan fingerprint density at radius 3 is 2.42 bits per heavy atom. The highest BCUT2D eigenvalue weighted by Gasteiger charge is 2.27. The van der Waals surface area contributed by atoms with Crippen molar-refractivity contribution in [2.75, 3.05) is 19.8 Å². The Morgan fingerprint density at radius 1 is 1.11 bits per heavy atom. The molecule has 2 amide bonds. The number of carbonyl (C=O) groups excluding carboxylic acids is 4. The minimum atomic E-state index is -0.698. The van der Waals surface area contributed by atoms with Crippen LogP contribution in [0, 0.1) is 11.8 Å². The zero-order valence-corrected chi connectivity index (χ0v) is 21.3.